The van der Waals surface area contributed by atoms with E-state index in [1.54, 1.807) is 20.8 Å². The molecule has 2 aromatic heterocycles. The molecule has 0 saturated heterocycles. The fourth-order valence-corrected chi connectivity index (χ4v) is 2.27. The number of aryl methyl sites for hydroxylation is 2. The van der Waals surface area contributed by atoms with Gasteiger partial charge in [-0.2, -0.15) is 0 Å². The average Bonchev–Trinajstić information content (AvgIpc) is 2.49. The normalized spacial score (nSPS) is 11.7. The molecule has 0 aromatic carbocycles. The molecule has 0 saturated carbocycles. The van der Waals surface area contributed by atoms with E-state index in [0.29, 0.717) is 10.9 Å². The van der Waals surface area contributed by atoms with Crippen molar-refractivity contribution in [1.82, 2.24) is 19.4 Å². The van der Waals surface area contributed by atoms with Crippen LogP contribution in [0.1, 0.15) is 29.9 Å². The molecule has 0 atom stereocenters. The van der Waals surface area contributed by atoms with Gasteiger partial charge in [0, 0.05) is 26.2 Å². The molecule has 2 rings (SSSR count). The number of aromatic nitrogens is 3. The Morgan fingerprint density at radius 2 is 1.91 bits per heavy atom. The average molecular weight is 319 g/mol. The van der Waals surface area contributed by atoms with Crippen molar-refractivity contribution in [3.63, 3.8) is 0 Å². The van der Waals surface area contributed by atoms with Crippen LogP contribution in [0, 0.1) is 6.92 Å². The van der Waals surface area contributed by atoms with Crippen molar-refractivity contribution in [3.05, 3.63) is 38.2 Å². The van der Waals surface area contributed by atoms with Crippen molar-refractivity contribution in [1.29, 1.82) is 0 Å². The standard InChI is InChI=1S/C15H21N5O3/c1-8-6-9(12(21)18-15(2,3)7-16)17-11-10(8)13(22)20(5)14(23)19(11)4/h6H,7,16H2,1-5H3,(H,18,21). The molecule has 0 aliphatic heterocycles. The molecular weight excluding hydrogens is 298 g/mol. The highest BCUT2D eigenvalue weighted by Crippen LogP contribution is 2.13. The third-order valence-corrected chi connectivity index (χ3v) is 3.80. The molecule has 23 heavy (non-hydrogen) atoms. The van der Waals surface area contributed by atoms with Gasteiger partial charge in [0.1, 0.15) is 11.3 Å². The van der Waals surface area contributed by atoms with E-state index in [9.17, 15) is 14.4 Å². The van der Waals surface area contributed by atoms with Gasteiger partial charge < -0.3 is 11.1 Å². The van der Waals surface area contributed by atoms with Crippen LogP contribution in [0.3, 0.4) is 0 Å². The first kappa shape index (κ1) is 16.9. The zero-order chi connectivity index (χ0) is 17.5. The predicted octanol–water partition coefficient (Wildman–Crippen LogP) is -0.592. The topological polar surface area (TPSA) is 112 Å². The molecular formula is C15H21N5O3. The van der Waals surface area contributed by atoms with E-state index in [1.165, 1.54) is 24.7 Å². The number of rotatable bonds is 3. The van der Waals surface area contributed by atoms with E-state index in [4.69, 9.17) is 5.73 Å². The van der Waals surface area contributed by atoms with Crippen molar-refractivity contribution in [2.24, 2.45) is 19.8 Å². The SMILES string of the molecule is Cc1cc(C(=O)NC(C)(C)CN)nc2c1c(=O)n(C)c(=O)n2C. The molecule has 0 aliphatic carbocycles. The summed E-state index contributed by atoms with van der Waals surface area (Å²) in [7, 11) is 2.93. The van der Waals surface area contributed by atoms with E-state index in [0.717, 1.165) is 4.57 Å². The maximum Gasteiger partial charge on any atom is 0.332 e. The van der Waals surface area contributed by atoms with Crippen molar-refractivity contribution in [2.45, 2.75) is 26.3 Å². The molecule has 1 amide bonds. The maximum atomic E-state index is 12.4. The van der Waals surface area contributed by atoms with E-state index in [-0.39, 0.29) is 17.9 Å². The molecule has 8 nitrogen and oxygen atoms in total. The van der Waals surface area contributed by atoms with Crippen LogP contribution in [-0.4, -0.2) is 32.1 Å². The van der Waals surface area contributed by atoms with Gasteiger partial charge in [-0.15, -0.1) is 0 Å². The van der Waals surface area contributed by atoms with Crippen molar-refractivity contribution >= 4 is 16.9 Å². The fourth-order valence-electron chi connectivity index (χ4n) is 2.27. The van der Waals surface area contributed by atoms with Crippen molar-refractivity contribution < 1.29 is 4.79 Å². The number of hydrogen-bond acceptors (Lipinski definition) is 5. The second kappa shape index (κ2) is 5.62. The Kier molecular flexibility index (Phi) is 4.12. The van der Waals surface area contributed by atoms with Crippen LogP contribution in [0.15, 0.2) is 15.7 Å². The molecule has 0 unspecified atom stereocenters. The number of hydrogen-bond donors (Lipinski definition) is 2. The molecule has 124 valence electrons. The summed E-state index contributed by atoms with van der Waals surface area (Å²) in [4.78, 5) is 40.9. The third kappa shape index (κ3) is 2.89. The van der Waals surface area contributed by atoms with Gasteiger partial charge in [0.05, 0.1) is 5.39 Å². The summed E-state index contributed by atoms with van der Waals surface area (Å²) in [6.07, 6.45) is 0. The van der Waals surface area contributed by atoms with Crippen LogP contribution in [0.5, 0.6) is 0 Å². The molecule has 0 fully saturated rings. The molecule has 2 heterocycles. The summed E-state index contributed by atoms with van der Waals surface area (Å²) in [6.45, 7) is 5.57. The van der Waals surface area contributed by atoms with Gasteiger partial charge in [-0.25, -0.2) is 9.78 Å². The van der Waals surface area contributed by atoms with E-state index >= 15 is 0 Å². The van der Waals surface area contributed by atoms with Crippen LogP contribution in [-0.2, 0) is 14.1 Å². The highest BCUT2D eigenvalue weighted by Gasteiger charge is 2.22. The van der Waals surface area contributed by atoms with Crippen LogP contribution >= 0.6 is 0 Å². The Balaban J connectivity index is 2.70. The minimum atomic E-state index is -0.583. The number of pyridine rings is 1. The molecule has 8 heteroatoms. The van der Waals surface area contributed by atoms with Crippen molar-refractivity contribution in [3.8, 4) is 0 Å². The molecule has 0 radical (unpaired) electrons. The highest BCUT2D eigenvalue weighted by atomic mass is 16.2. The number of nitrogens with zero attached hydrogens (tertiary/aromatic N) is 3. The minimum Gasteiger partial charge on any atom is -0.345 e. The van der Waals surface area contributed by atoms with Gasteiger partial charge in [0.2, 0.25) is 0 Å². The Labute approximate surface area is 132 Å². The highest BCUT2D eigenvalue weighted by molar-refractivity contribution is 5.95. The summed E-state index contributed by atoms with van der Waals surface area (Å²) in [6, 6.07) is 1.54. The molecule has 0 aliphatic rings. The Morgan fingerprint density at radius 1 is 1.30 bits per heavy atom. The zero-order valence-corrected chi connectivity index (χ0v) is 13.9. The first-order chi connectivity index (χ1) is 10.6. The third-order valence-electron chi connectivity index (χ3n) is 3.80. The van der Waals surface area contributed by atoms with Crippen LogP contribution in [0.4, 0.5) is 0 Å². The molecule has 2 aromatic rings. The van der Waals surface area contributed by atoms with Gasteiger partial charge in [0.15, 0.2) is 0 Å². The minimum absolute atomic E-state index is 0.139. The second-order valence-corrected chi connectivity index (χ2v) is 6.27. The second-order valence-electron chi connectivity index (χ2n) is 6.27. The van der Waals surface area contributed by atoms with Crippen molar-refractivity contribution in [2.75, 3.05) is 6.54 Å². The largest absolute Gasteiger partial charge is 0.345 e. The van der Waals surface area contributed by atoms with Gasteiger partial charge >= 0.3 is 5.69 Å². The summed E-state index contributed by atoms with van der Waals surface area (Å²) in [5.41, 5.74) is 5.02. The summed E-state index contributed by atoms with van der Waals surface area (Å²) in [5, 5.41) is 3.10. The maximum absolute atomic E-state index is 12.4. The first-order valence-corrected chi connectivity index (χ1v) is 7.19. The van der Waals surface area contributed by atoms with E-state index in [1.807, 2.05) is 0 Å². The summed E-state index contributed by atoms with van der Waals surface area (Å²) in [5.74, 6) is -0.404. The number of amides is 1. The molecule has 3 N–H and O–H groups in total. The first-order valence-electron chi connectivity index (χ1n) is 7.19. The van der Waals surface area contributed by atoms with Crippen LogP contribution in [0.25, 0.3) is 11.0 Å². The molecule has 0 spiro atoms. The Bertz CT molecular complexity index is 908. The predicted molar refractivity (Wildman–Crippen MR) is 87.6 cm³/mol. The number of nitrogens with two attached hydrogens (primary N) is 1. The van der Waals surface area contributed by atoms with Gasteiger partial charge in [-0.05, 0) is 32.4 Å². The lowest BCUT2D eigenvalue weighted by atomic mass is 10.1. The summed E-state index contributed by atoms with van der Waals surface area (Å²) >= 11 is 0. The molecule has 0 bridgehead atoms. The van der Waals surface area contributed by atoms with Gasteiger partial charge in [-0.3, -0.25) is 18.7 Å². The number of nitrogens with one attached hydrogen (secondary N) is 1. The number of carbonyl (C=O) groups is 1. The smallest absolute Gasteiger partial charge is 0.332 e. The zero-order valence-electron chi connectivity index (χ0n) is 13.9. The lowest BCUT2D eigenvalue weighted by Crippen LogP contribution is -2.49. The van der Waals surface area contributed by atoms with Crippen LogP contribution in [0.2, 0.25) is 0 Å². The Morgan fingerprint density at radius 3 is 2.48 bits per heavy atom. The number of carbonyl (C=O) groups excluding carboxylic acids is 1. The van der Waals surface area contributed by atoms with Gasteiger partial charge in [0.25, 0.3) is 11.5 Å². The lowest BCUT2D eigenvalue weighted by Gasteiger charge is -2.24. The monoisotopic (exact) mass is 319 g/mol. The number of fused-ring (bicyclic) bond motifs is 1. The quantitative estimate of drug-likeness (QED) is 0.785. The fraction of sp³-hybridized carbons (Fsp3) is 0.467. The van der Waals surface area contributed by atoms with E-state index < -0.39 is 22.7 Å². The van der Waals surface area contributed by atoms with E-state index in [2.05, 4.69) is 10.3 Å². The van der Waals surface area contributed by atoms with Crippen LogP contribution < -0.4 is 22.3 Å². The lowest BCUT2D eigenvalue weighted by molar-refractivity contribution is 0.0911. The van der Waals surface area contributed by atoms with Gasteiger partial charge in [-0.1, -0.05) is 0 Å². The Hall–Kier alpha value is -2.48. The summed E-state index contributed by atoms with van der Waals surface area (Å²) < 4.78 is 2.28.